The van der Waals surface area contributed by atoms with Gasteiger partial charge in [-0.15, -0.1) is 0 Å². The number of amides is 2. The molecule has 0 bridgehead atoms. The Bertz CT molecular complexity index is 1090. The monoisotopic (exact) mass is 407 g/mol. The Morgan fingerprint density at radius 3 is 2.53 bits per heavy atom. The average Bonchev–Trinajstić information content (AvgIpc) is 3.52. The molecule has 11 heteroatoms. The Kier molecular flexibility index (Phi) is 5.09. The molecule has 30 heavy (non-hydrogen) atoms. The highest BCUT2D eigenvalue weighted by atomic mass is 16.2. The van der Waals surface area contributed by atoms with Crippen molar-refractivity contribution in [2.45, 2.75) is 18.8 Å². The topological polar surface area (TPSA) is 131 Å². The fraction of sp³-hybridized carbons (Fsp3) is 0.316. The lowest BCUT2D eigenvalue weighted by Crippen LogP contribution is -2.26. The molecular formula is C19H21N9O2. The zero-order chi connectivity index (χ0) is 21.3. The van der Waals surface area contributed by atoms with Crippen molar-refractivity contribution in [3.05, 3.63) is 48.2 Å². The zero-order valence-corrected chi connectivity index (χ0v) is 16.8. The first-order valence-electron chi connectivity index (χ1n) is 9.38. The van der Waals surface area contributed by atoms with Crippen molar-refractivity contribution in [3.63, 3.8) is 0 Å². The van der Waals surface area contributed by atoms with Crippen LogP contribution in [-0.2, 0) is 7.05 Å². The number of aryl methyl sites for hydroxylation is 1. The zero-order valence-electron chi connectivity index (χ0n) is 16.8. The van der Waals surface area contributed by atoms with E-state index in [9.17, 15) is 9.59 Å². The van der Waals surface area contributed by atoms with E-state index in [2.05, 4.69) is 35.7 Å². The highest BCUT2D eigenvalue weighted by Crippen LogP contribution is 2.39. The normalized spacial score (nSPS) is 13.0. The highest BCUT2D eigenvalue weighted by Gasteiger charge is 2.28. The van der Waals surface area contributed by atoms with Gasteiger partial charge in [-0.2, -0.15) is 5.10 Å². The summed E-state index contributed by atoms with van der Waals surface area (Å²) in [4.78, 5) is 43.9. The first kappa shape index (κ1) is 19.4. The van der Waals surface area contributed by atoms with Crippen molar-refractivity contribution in [1.82, 2.24) is 34.6 Å². The second-order valence-electron chi connectivity index (χ2n) is 7.20. The third-order valence-electron chi connectivity index (χ3n) is 4.62. The quantitative estimate of drug-likeness (QED) is 0.630. The van der Waals surface area contributed by atoms with Crippen LogP contribution in [-0.4, -0.2) is 60.5 Å². The summed E-state index contributed by atoms with van der Waals surface area (Å²) >= 11 is 0. The van der Waals surface area contributed by atoms with Gasteiger partial charge in [-0.3, -0.25) is 14.3 Å². The molecule has 0 saturated heterocycles. The van der Waals surface area contributed by atoms with Crippen LogP contribution < -0.4 is 10.6 Å². The molecule has 0 atom stereocenters. The van der Waals surface area contributed by atoms with E-state index in [0.29, 0.717) is 17.3 Å². The molecule has 3 heterocycles. The van der Waals surface area contributed by atoms with Gasteiger partial charge in [0.05, 0.1) is 41.9 Å². The van der Waals surface area contributed by atoms with Crippen LogP contribution in [0.5, 0.6) is 0 Å². The average molecular weight is 407 g/mol. The minimum Gasteiger partial charge on any atom is -0.343 e. The summed E-state index contributed by atoms with van der Waals surface area (Å²) in [5.41, 5.74) is 2.03. The van der Waals surface area contributed by atoms with Crippen LogP contribution in [0, 0.1) is 0 Å². The number of hydrogen-bond acceptors (Lipinski definition) is 8. The molecule has 0 aliphatic heterocycles. The van der Waals surface area contributed by atoms with Gasteiger partial charge in [-0.1, -0.05) is 0 Å². The van der Waals surface area contributed by atoms with Crippen LogP contribution in [0.4, 0.5) is 17.2 Å². The molecule has 1 fully saturated rings. The molecule has 2 amide bonds. The molecule has 0 aromatic carbocycles. The number of carbonyl (C=O) groups excluding carboxylic acids is 2. The van der Waals surface area contributed by atoms with E-state index in [1.54, 1.807) is 39.7 Å². The molecule has 2 N–H and O–H groups in total. The van der Waals surface area contributed by atoms with Crippen LogP contribution in [0.15, 0.2) is 31.1 Å². The van der Waals surface area contributed by atoms with Crippen LogP contribution in [0.25, 0.3) is 0 Å². The number of anilines is 3. The van der Waals surface area contributed by atoms with Gasteiger partial charge in [0.25, 0.3) is 11.8 Å². The van der Waals surface area contributed by atoms with Crippen LogP contribution >= 0.6 is 0 Å². The van der Waals surface area contributed by atoms with Gasteiger partial charge >= 0.3 is 0 Å². The van der Waals surface area contributed by atoms with Crippen molar-refractivity contribution in [1.29, 1.82) is 0 Å². The van der Waals surface area contributed by atoms with Crippen molar-refractivity contribution in [3.8, 4) is 0 Å². The number of hydrogen-bond donors (Lipinski definition) is 2. The lowest BCUT2D eigenvalue weighted by Gasteiger charge is -2.14. The summed E-state index contributed by atoms with van der Waals surface area (Å²) in [6.07, 6.45) is 9.71. The van der Waals surface area contributed by atoms with Crippen LogP contribution in [0.1, 0.15) is 45.4 Å². The summed E-state index contributed by atoms with van der Waals surface area (Å²) in [6, 6.07) is 0. The first-order valence-corrected chi connectivity index (χ1v) is 9.38. The van der Waals surface area contributed by atoms with E-state index in [0.717, 1.165) is 18.5 Å². The summed E-state index contributed by atoms with van der Waals surface area (Å²) in [5, 5.41) is 9.88. The van der Waals surface area contributed by atoms with Gasteiger partial charge in [0.2, 0.25) is 0 Å². The maximum atomic E-state index is 13.1. The van der Waals surface area contributed by atoms with E-state index < -0.39 is 5.91 Å². The lowest BCUT2D eigenvalue weighted by molar-refractivity contribution is 0.0818. The highest BCUT2D eigenvalue weighted by molar-refractivity contribution is 6.09. The van der Waals surface area contributed by atoms with Crippen molar-refractivity contribution >= 4 is 29.0 Å². The number of nitrogens with zero attached hydrogens (tertiary/aromatic N) is 7. The van der Waals surface area contributed by atoms with Crippen LogP contribution in [0.3, 0.4) is 0 Å². The van der Waals surface area contributed by atoms with Gasteiger partial charge in [-0.05, 0) is 12.8 Å². The standard InChI is InChI=1S/C19H21N9O2/c1-27(2)19(30)16-14(9-23-28(16)3)26-18(29)15-17(24-12-6-20-10-21-7-12)22-8-13(25-15)11-4-5-11/h6-11H,4-5H2,1-3H3,(H,22,24)(H,26,29). The van der Waals surface area contributed by atoms with Gasteiger partial charge < -0.3 is 15.5 Å². The Hall–Kier alpha value is -3.89. The largest absolute Gasteiger partial charge is 0.343 e. The van der Waals surface area contributed by atoms with E-state index in [1.807, 2.05) is 0 Å². The molecule has 1 aliphatic carbocycles. The summed E-state index contributed by atoms with van der Waals surface area (Å²) in [5.74, 6) is -0.174. The predicted octanol–water partition coefficient (Wildman–Crippen LogP) is 1.58. The summed E-state index contributed by atoms with van der Waals surface area (Å²) in [7, 11) is 4.91. The molecule has 1 aliphatic rings. The van der Waals surface area contributed by atoms with E-state index in [4.69, 9.17) is 0 Å². The molecule has 0 radical (unpaired) electrons. The minimum atomic E-state index is -0.495. The molecule has 4 rings (SSSR count). The fourth-order valence-electron chi connectivity index (χ4n) is 2.90. The first-order chi connectivity index (χ1) is 14.4. The Labute approximate surface area is 172 Å². The molecule has 1 saturated carbocycles. The molecule has 3 aromatic heterocycles. The number of rotatable bonds is 6. The molecule has 0 unspecified atom stereocenters. The van der Waals surface area contributed by atoms with Crippen molar-refractivity contribution in [2.24, 2.45) is 7.05 Å². The third kappa shape index (κ3) is 3.95. The number of nitrogens with one attached hydrogen (secondary N) is 2. The van der Waals surface area contributed by atoms with Gasteiger partial charge in [0.15, 0.2) is 11.5 Å². The van der Waals surface area contributed by atoms with E-state index in [-0.39, 0.29) is 23.1 Å². The van der Waals surface area contributed by atoms with Crippen LogP contribution in [0.2, 0.25) is 0 Å². The second-order valence-corrected chi connectivity index (χ2v) is 7.20. The minimum absolute atomic E-state index is 0.121. The number of aromatic nitrogens is 6. The summed E-state index contributed by atoms with van der Waals surface area (Å²) in [6.45, 7) is 0. The Morgan fingerprint density at radius 2 is 1.87 bits per heavy atom. The molecule has 154 valence electrons. The molecule has 11 nitrogen and oxygen atoms in total. The summed E-state index contributed by atoms with van der Waals surface area (Å²) < 4.78 is 1.42. The Balaban J connectivity index is 1.66. The fourth-order valence-corrected chi connectivity index (χ4v) is 2.90. The second kappa shape index (κ2) is 7.85. The maximum Gasteiger partial charge on any atom is 0.278 e. The molecule has 3 aromatic rings. The van der Waals surface area contributed by atoms with Crippen molar-refractivity contribution < 1.29 is 9.59 Å². The maximum absolute atomic E-state index is 13.1. The van der Waals surface area contributed by atoms with Gasteiger partial charge in [0, 0.05) is 27.1 Å². The molecular weight excluding hydrogens is 386 g/mol. The Morgan fingerprint density at radius 1 is 1.13 bits per heavy atom. The molecule has 0 spiro atoms. The predicted molar refractivity (Wildman–Crippen MR) is 109 cm³/mol. The smallest absolute Gasteiger partial charge is 0.278 e. The van der Waals surface area contributed by atoms with Crippen molar-refractivity contribution in [2.75, 3.05) is 24.7 Å². The SMILES string of the molecule is CN(C)C(=O)c1c(NC(=O)c2nc(C3CC3)cnc2Nc2cncnc2)cnn1C. The lowest BCUT2D eigenvalue weighted by atomic mass is 10.2. The van der Waals surface area contributed by atoms with E-state index >= 15 is 0 Å². The van der Waals surface area contributed by atoms with Gasteiger partial charge in [0.1, 0.15) is 12.0 Å². The van der Waals surface area contributed by atoms with E-state index in [1.165, 1.54) is 22.1 Å². The third-order valence-corrected chi connectivity index (χ3v) is 4.62. The van der Waals surface area contributed by atoms with Gasteiger partial charge in [-0.25, -0.2) is 19.9 Å². The number of carbonyl (C=O) groups is 2.